The molecule has 2 aromatic carbocycles. The molecule has 1 atom stereocenters. The molecule has 0 aromatic heterocycles. The van der Waals surface area contributed by atoms with Gasteiger partial charge >= 0.3 is 0 Å². The van der Waals surface area contributed by atoms with Crippen LogP contribution < -0.4 is 0 Å². The Morgan fingerprint density at radius 3 is 2.63 bits per heavy atom. The Morgan fingerprint density at radius 2 is 1.89 bits per heavy atom. The van der Waals surface area contributed by atoms with Crippen LogP contribution in [0, 0.1) is 19.7 Å². The molecule has 0 saturated heterocycles. The molecule has 0 bridgehead atoms. The normalized spacial score (nSPS) is 12.5. The summed E-state index contributed by atoms with van der Waals surface area (Å²) in [5.74, 6) is -0.339. The van der Waals surface area contributed by atoms with Crippen molar-refractivity contribution in [3.8, 4) is 0 Å². The van der Waals surface area contributed by atoms with Crippen LogP contribution in [0.3, 0.4) is 0 Å². The van der Waals surface area contributed by atoms with Crippen LogP contribution in [0.4, 0.5) is 4.39 Å². The molecule has 1 N–H and O–H groups in total. The number of hydrogen-bond donors (Lipinski definition) is 1. The third-order valence-corrected chi connectivity index (χ3v) is 3.45. The Labute approximate surface area is 117 Å². The van der Waals surface area contributed by atoms with Crippen LogP contribution >= 0.6 is 11.6 Å². The molecular formula is C16H16ClFO. The van der Waals surface area contributed by atoms with Gasteiger partial charge in [-0.25, -0.2) is 4.39 Å². The zero-order valence-corrected chi connectivity index (χ0v) is 11.7. The minimum Gasteiger partial charge on any atom is -0.388 e. The molecule has 0 spiro atoms. The molecule has 3 heteroatoms. The van der Waals surface area contributed by atoms with E-state index in [4.69, 9.17) is 11.6 Å². The zero-order chi connectivity index (χ0) is 14.0. The SMILES string of the molecule is Cc1ccc(C)c(C(O)Cc2cc(Cl)ccc2F)c1. The lowest BCUT2D eigenvalue weighted by molar-refractivity contribution is 0.176. The van der Waals surface area contributed by atoms with Gasteiger partial charge in [0.1, 0.15) is 5.82 Å². The minimum atomic E-state index is -0.729. The molecule has 100 valence electrons. The highest BCUT2D eigenvalue weighted by Crippen LogP contribution is 2.25. The second kappa shape index (κ2) is 5.72. The molecule has 1 unspecified atom stereocenters. The minimum absolute atomic E-state index is 0.219. The van der Waals surface area contributed by atoms with Crippen molar-refractivity contribution in [3.05, 3.63) is 69.5 Å². The van der Waals surface area contributed by atoms with Gasteiger partial charge in [0, 0.05) is 11.4 Å². The van der Waals surface area contributed by atoms with E-state index in [0.29, 0.717) is 10.6 Å². The first kappa shape index (κ1) is 14.0. The quantitative estimate of drug-likeness (QED) is 0.884. The van der Waals surface area contributed by atoms with Gasteiger partial charge in [-0.1, -0.05) is 35.4 Å². The number of halogens is 2. The second-order valence-electron chi connectivity index (χ2n) is 4.82. The Balaban J connectivity index is 2.27. The number of aliphatic hydroxyl groups is 1. The summed E-state index contributed by atoms with van der Waals surface area (Å²) in [5, 5.41) is 10.8. The summed E-state index contributed by atoms with van der Waals surface area (Å²) in [5.41, 5.74) is 3.34. The van der Waals surface area contributed by atoms with Crippen molar-refractivity contribution >= 4 is 11.6 Å². The maximum atomic E-state index is 13.7. The first-order chi connectivity index (χ1) is 8.97. The predicted molar refractivity (Wildman–Crippen MR) is 76.0 cm³/mol. The Hall–Kier alpha value is -1.38. The van der Waals surface area contributed by atoms with Crippen LogP contribution in [0.2, 0.25) is 5.02 Å². The van der Waals surface area contributed by atoms with E-state index in [0.717, 1.165) is 16.7 Å². The van der Waals surface area contributed by atoms with E-state index >= 15 is 0 Å². The summed E-state index contributed by atoms with van der Waals surface area (Å²) in [7, 11) is 0. The van der Waals surface area contributed by atoms with E-state index in [1.165, 1.54) is 12.1 Å². The average Bonchev–Trinajstić information content (AvgIpc) is 2.36. The van der Waals surface area contributed by atoms with Crippen molar-refractivity contribution < 1.29 is 9.50 Å². The molecule has 0 aliphatic rings. The van der Waals surface area contributed by atoms with Gasteiger partial charge in [0.15, 0.2) is 0 Å². The molecule has 0 amide bonds. The summed E-state index contributed by atoms with van der Waals surface area (Å²) < 4.78 is 13.7. The average molecular weight is 279 g/mol. The van der Waals surface area contributed by atoms with Crippen molar-refractivity contribution in [1.29, 1.82) is 0 Å². The van der Waals surface area contributed by atoms with Crippen molar-refractivity contribution in [2.24, 2.45) is 0 Å². The van der Waals surface area contributed by atoms with E-state index in [-0.39, 0.29) is 12.2 Å². The van der Waals surface area contributed by atoms with Crippen molar-refractivity contribution in [3.63, 3.8) is 0 Å². The van der Waals surface area contributed by atoms with Crippen LogP contribution in [0.1, 0.15) is 28.4 Å². The third kappa shape index (κ3) is 3.34. The van der Waals surface area contributed by atoms with E-state index in [1.54, 1.807) is 6.07 Å². The lowest BCUT2D eigenvalue weighted by atomic mass is 9.96. The van der Waals surface area contributed by atoms with Crippen LogP contribution in [-0.4, -0.2) is 5.11 Å². The molecule has 0 aliphatic carbocycles. The van der Waals surface area contributed by atoms with E-state index < -0.39 is 6.10 Å². The lowest BCUT2D eigenvalue weighted by Crippen LogP contribution is -2.05. The van der Waals surface area contributed by atoms with Gasteiger partial charge in [0.2, 0.25) is 0 Å². The van der Waals surface area contributed by atoms with Crippen LogP contribution in [0.25, 0.3) is 0 Å². The van der Waals surface area contributed by atoms with Crippen molar-refractivity contribution in [2.75, 3.05) is 0 Å². The third-order valence-electron chi connectivity index (χ3n) is 3.21. The van der Waals surface area contributed by atoms with Crippen LogP contribution in [0.15, 0.2) is 36.4 Å². The first-order valence-corrected chi connectivity index (χ1v) is 6.54. The summed E-state index contributed by atoms with van der Waals surface area (Å²) in [6, 6.07) is 10.3. The highest BCUT2D eigenvalue weighted by molar-refractivity contribution is 6.30. The highest BCUT2D eigenvalue weighted by Gasteiger charge is 2.14. The number of aryl methyl sites for hydroxylation is 2. The molecule has 19 heavy (non-hydrogen) atoms. The number of hydrogen-bond acceptors (Lipinski definition) is 1. The van der Waals surface area contributed by atoms with Gasteiger partial charge in [-0.15, -0.1) is 0 Å². The molecule has 2 rings (SSSR count). The monoisotopic (exact) mass is 278 g/mol. The fraction of sp³-hybridized carbons (Fsp3) is 0.250. The van der Waals surface area contributed by atoms with Gasteiger partial charge in [-0.3, -0.25) is 0 Å². The molecule has 0 saturated carbocycles. The van der Waals surface area contributed by atoms with Crippen LogP contribution in [-0.2, 0) is 6.42 Å². The van der Waals surface area contributed by atoms with E-state index in [1.807, 2.05) is 32.0 Å². The zero-order valence-electron chi connectivity index (χ0n) is 11.0. The number of rotatable bonds is 3. The maximum Gasteiger partial charge on any atom is 0.126 e. The Bertz CT molecular complexity index is 595. The van der Waals surface area contributed by atoms with E-state index in [9.17, 15) is 9.50 Å². The number of aliphatic hydroxyl groups excluding tert-OH is 1. The maximum absolute atomic E-state index is 13.7. The summed E-state index contributed by atoms with van der Waals surface area (Å²) in [6.07, 6.45) is -0.510. The standard InChI is InChI=1S/C16H16ClFO/c1-10-3-4-11(2)14(7-10)16(19)9-12-8-13(17)5-6-15(12)18/h3-8,16,19H,9H2,1-2H3. The Morgan fingerprint density at radius 1 is 1.16 bits per heavy atom. The summed E-state index contributed by atoms with van der Waals surface area (Å²) >= 11 is 5.85. The molecule has 1 nitrogen and oxygen atoms in total. The fourth-order valence-corrected chi connectivity index (χ4v) is 2.33. The summed E-state index contributed by atoms with van der Waals surface area (Å²) in [4.78, 5) is 0. The van der Waals surface area contributed by atoms with Gasteiger partial charge in [0.25, 0.3) is 0 Å². The molecule has 0 fully saturated rings. The molecule has 0 heterocycles. The van der Waals surface area contributed by atoms with Gasteiger partial charge in [-0.05, 0) is 48.7 Å². The van der Waals surface area contributed by atoms with Crippen molar-refractivity contribution in [2.45, 2.75) is 26.4 Å². The van der Waals surface area contributed by atoms with Gasteiger partial charge in [0.05, 0.1) is 6.10 Å². The van der Waals surface area contributed by atoms with Crippen LogP contribution in [0.5, 0.6) is 0 Å². The lowest BCUT2D eigenvalue weighted by Gasteiger charge is -2.15. The molecule has 2 aromatic rings. The smallest absolute Gasteiger partial charge is 0.126 e. The van der Waals surface area contributed by atoms with Gasteiger partial charge in [-0.2, -0.15) is 0 Å². The first-order valence-electron chi connectivity index (χ1n) is 6.16. The largest absolute Gasteiger partial charge is 0.388 e. The highest BCUT2D eigenvalue weighted by atomic mass is 35.5. The predicted octanol–water partition coefficient (Wildman–Crippen LogP) is 4.37. The topological polar surface area (TPSA) is 20.2 Å². The molecule has 0 aliphatic heterocycles. The second-order valence-corrected chi connectivity index (χ2v) is 5.25. The van der Waals surface area contributed by atoms with Gasteiger partial charge < -0.3 is 5.11 Å². The number of benzene rings is 2. The van der Waals surface area contributed by atoms with Crippen molar-refractivity contribution in [1.82, 2.24) is 0 Å². The Kier molecular flexibility index (Phi) is 4.23. The summed E-state index contributed by atoms with van der Waals surface area (Å²) in [6.45, 7) is 3.90. The fourth-order valence-electron chi connectivity index (χ4n) is 2.14. The molecular weight excluding hydrogens is 263 g/mol. The molecule has 0 radical (unpaired) electrons. The van der Waals surface area contributed by atoms with E-state index in [2.05, 4.69) is 0 Å².